The van der Waals surface area contributed by atoms with Crippen LogP contribution in [0.2, 0.25) is 0 Å². The normalized spacial score (nSPS) is 11.1. The third-order valence-corrected chi connectivity index (χ3v) is 5.04. The van der Waals surface area contributed by atoms with Crippen molar-refractivity contribution in [1.29, 1.82) is 0 Å². The van der Waals surface area contributed by atoms with Crippen LogP contribution in [-0.2, 0) is 6.54 Å². The predicted octanol–water partition coefficient (Wildman–Crippen LogP) is 2.38. The number of aromatic amines is 1. The molecule has 0 aliphatic rings. The molecule has 0 unspecified atom stereocenters. The highest BCUT2D eigenvalue weighted by Crippen LogP contribution is 2.21. The monoisotopic (exact) mass is 368 g/mol. The number of thiophene rings is 1. The van der Waals surface area contributed by atoms with Crippen LogP contribution in [0.5, 0.6) is 5.75 Å². The van der Waals surface area contributed by atoms with Gasteiger partial charge in [-0.25, -0.2) is 4.98 Å². The maximum absolute atomic E-state index is 12.3. The maximum atomic E-state index is 12.3. The number of nitrogens with one attached hydrogen (secondary N) is 2. The van der Waals surface area contributed by atoms with Crippen molar-refractivity contribution in [3.05, 3.63) is 58.1 Å². The lowest BCUT2D eigenvalue weighted by Crippen LogP contribution is -2.30. The number of benzene rings is 1. The lowest BCUT2D eigenvalue weighted by molar-refractivity contribution is 0.0948. The van der Waals surface area contributed by atoms with Crippen LogP contribution in [-0.4, -0.2) is 34.1 Å². The lowest BCUT2D eigenvalue weighted by atomic mass is 10.2. The minimum absolute atomic E-state index is 0.0862. The molecule has 0 spiro atoms. The Balaban J connectivity index is 1.45. The van der Waals surface area contributed by atoms with Crippen molar-refractivity contribution in [3.63, 3.8) is 0 Å². The number of nitrogens with zero attached hydrogens (tertiary/aromatic N) is 2. The number of carbonyl (C=O) groups is 1. The summed E-state index contributed by atoms with van der Waals surface area (Å²) >= 11 is 1.37. The molecule has 3 heterocycles. The number of carbonyl (C=O) groups excluding carboxylic acids is 1. The van der Waals surface area contributed by atoms with Gasteiger partial charge in [0.25, 0.3) is 11.5 Å². The topological polar surface area (TPSA) is 89.0 Å². The number of hydrogen-bond acceptors (Lipinski definition) is 5. The molecular weight excluding hydrogens is 352 g/mol. The van der Waals surface area contributed by atoms with Gasteiger partial charge in [0.1, 0.15) is 16.1 Å². The van der Waals surface area contributed by atoms with Gasteiger partial charge in [0.2, 0.25) is 0 Å². The molecule has 4 rings (SSSR count). The smallest absolute Gasteiger partial charge is 0.271 e. The van der Waals surface area contributed by atoms with Gasteiger partial charge in [-0.3, -0.25) is 14.2 Å². The summed E-state index contributed by atoms with van der Waals surface area (Å²) in [6, 6.07) is 9.18. The van der Waals surface area contributed by atoms with Gasteiger partial charge in [-0.05, 0) is 29.6 Å². The highest BCUT2D eigenvalue weighted by molar-refractivity contribution is 7.17. The molecule has 0 saturated carbocycles. The second-order valence-electron chi connectivity index (χ2n) is 5.77. The Kier molecular flexibility index (Phi) is 4.18. The Labute approximate surface area is 152 Å². The summed E-state index contributed by atoms with van der Waals surface area (Å²) < 4.78 is 7.32. The predicted molar refractivity (Wildman–Crippen MR) is 101 cm³/mol. The minimum Gasteiger partial charge on any atom is -0.497 e. The Hall–Kier alpha value is -3.13. The van der Waals surface area contributed by atoms with Gasteiger partial charge < -0.3 is 15.0 Å². The number of rotatable bonds is 5. The lowest BCUT2D eigenvalue weighted by Gasteiger charge is -2.06. The van der Waals surface area contributed by atoms with Crippen molar-refractivity contribution >= 4 is 38.4 Å². The second-order valence-corrected chi connectivity index (χ2v) is 6.69. The first kappa shape index (κ1) is 16.3. The van der Waals surface area contributed by atoms with Crippen molar-refractivity contribution in [1.82, 2.24) is 19.9 Å². The first-order valence-corrected chi connectivity index (χ1v) is 8.91. The Bertz CT molecular complexity index is 1160. The number of aromatic nitrogens is 3. The van der Waals surface area contributed by atoms with Crippen LogP contribution in [0.3, 0.4) is 0 Å². The minimum atomic E-state index is -0.224. The van der Waals surface area contributed by atoms with E-state index in [0.29, 0.717) is 29.0 Å². The van der Waals surface area contributed by atoms with Gasteiger partial charge in [0.15, 0.2) is 0 Å². The van der Waals surface area contributed by atoms with E-state index in [0.717, 1.165) is 16.7 Å². The van der Waals surface area contributed by atoms with Crippen molar-refractivity contribution in [2.75, 3.05) is 13.7 Å². The molecule has 0 saturated heterocycles. The number of H-pyrrole nitrogens is 1. The summed E-state index contributed by atoms with van der Waals surface area (Å²) in [4.78, 5) is 32.0. The molecule has 0 aliphatic carbocycles. The number of methoxy groups -OCH3 is 1. The first-order valence-electron chi connectivity index (χ1n) is 8.03. The van der Waals surface area contributed by atoms with E-state index in [2.05, 4.69) is 15.3 Å². The van der Waals surface area contributed by atoms with Crippen LogP contribution >= 0.6 is 11.3 Å². The molecule has 0 radical (unpaired) electrons. The first-order chi connectivity index (χ1) is 12.7. The molecule has 0 atom stereocenters. The van der Waals surface area contributed by atoms with E-state index in [1.54, 1.807) is 13.2 Å². The Morgan fingerprint density at radius 2 is 2.23 bits per heavy atom. The molecule has 0 bridgehead atoms. The largest absolute Gasteiger partial charge is 0.497 e. The molecule has 132 valence electrons. The Morgan fingerprint density at radius 3 is 3.08 bits per heavy atom. The van der Waals surface area contributed by atoms with Gasteiger partial charge in [0.05, 0.1) is 19.0 Å². The number of fused-ring (bicyclic) bond motifs is 2. The van der Waals surface area contributed by atoms with E-state index in [1.807, 2.05) is 29.6 Å². The molecule has 2 N–H and O–H groups in total. The average molecular weight is 368 g/mol. The van der Waals surface area contributed by atoms with Crippen LogP contribution in [0.1, 0.15) is 10.5 Å². The standard InChI is InChI=1S/C18H16N4O3S/c1-25-12-3-2-11-8-15(21-14(11)9-12)17(23)19-5-6-22-10-20-13-4-7-26-16(13)18(22)24/h2-4,7-10,21H,5-6H2,1H3,(H,19,23). The van der Waals surface area contributed by atoms with Crippen molar-refractivity contribution < 1.29 is 9.53 Å². The van der Waals surface area contributed by atoms with Crippen LogP contribution in [0.15, 0.2) is 46.8 Å². The van der Waals surface area contributed by atoms with E-state index < -0.39 is 0 Å². The quantitative estimate of drug-likeness (QED) is 0.566. The maximum Gasteiger partial charge on any atom is 0.271 e. The zero-order valence-electron chi connectivity index (χ0n) is 14.0. The van der Waals surface area contributed by atoms with E-state index in [-0.39, 0.29) is 11.5 Å². The number of amides is 1. The summed E-state index contributed by atoms with van der Waals surface area (Å²) in [5.41, 5.74) is 1.91. The highest BCUT2D eigenvalue weighted by Gasteiger charge is 2.10. The fourth-order valence-corrected chi connectivity index (χ4v) is 3.57. The molecule has 3 aromatic heterocycles. The van der Waals surface area contributed by atoms with Gasteiger partial charge in [-0.1, -0.05) is 0 Å². The van der Waals surface area contributed by atoms with Crippen LogP contribution in [0.25, 0.3) is 21.1 Å². The molecule has 0 aliphatic heterocycles. The highest BCUT2D eigenvalue weighted by atomic mass is 32.1. The zero-order valence-corrected chi connectivity index (χ0v) is 14.8. The van der Waals surface area contributed by atoms with Gasteiger partial charge in [-0.2, -0.15) is 0 Å². The van der Waals surface area contributed by atoms with E-state index in [9.17, 15) is 9.59 Å². The SMILES string of the molecule is COc1ccc2cc(C(=O)NCCn3cnc4ccsc4c3=O)[nH]c2c1. The molecule has 0 fully saturated rings. The number of ether oxygens (including phenoxy) is 1. The molecule has 7 nitrogen and oxygen atoms in total. The van der Waals surface area contributed by atoms with E-state index >= 15 is 0 Å². The summed E-state index contributed by atoms with van der Waals surface area (Å²) in [7, 11) is 1.60. The summed E-state index contributed by atoms with van der Waals surface area (Å²) in [5.74, 6) is 0.500. The summed E-state index contributed by atoms with van der Waals surface area (Å²) in [6.45, 7) is 0.690. The molecule has 26 heavy (non-hydrogen) atoms. The van der Waals surface area contributed by atoms with Gasteiger partial charge in [0, 0.05) is 30.1 Å². The summed E-state index contributed by atoms with van der Waals surface area (Å²) in [5, 5.41) is 5.59. The van der Waals surface area contributed by atoms with Gasteiger partial charge in [-0.15, -0.1) is 11.3 Å². The molecule has 1 aromatic carbocycles. The molecule has 1 amide bonds. The van der Waals surface area contributed by atoms with E-state index in [4.69, 9.17) is 4.74 Å². The number of hydrogen-bond donors (Lipinski definition) is 2. The Morgan fingerprint density at radius 1 is 1.35 bits per heavy atom. The van der Waals surface area contributed by atoms with Crippen LogP contribution < -0.4 is 15.6 Å². The average Bonchev–Trinajstić information content (AvgIpc) is 3.29. The fourth-order valence-electron chi connectivity index (χ4n) is 2.78. The second kappa shape index (κ2) is 6.64. The van der Waals surface area contributed by atoms with Crippen molar-refractivity contribution in [3.8, 4) is 5.75 Å². The molecule has 8 heteroatoms. The molecular formula is C18H16N4O3S. The van der Waals surface area contributed by atoms with Crippen LogP contribution in [0, 0.1) is 0 Å². The fraction of sp³-hybridized carbons (Fsp3) is 0.167. The third-order valence-electron chi connectivity index (χ3n) is 4.15. The van der Waals surface area contributed by atoms with Crippen LogP contribution in [0.4, 0.5) is 0 Å². The summed E-state index contributed by atoms with van der Waals surface area (Å²) in [6.07, 6.45) is 1.51. The third kappa shape index (κ3) is 2.95. The van der Waals surface area contributed by atoms with Crippen molar-refractivity contribution in [2.24, 2.45) is 0 Å². The zero-order chi connectivity index (χ0) is 18.1. The van der Waals surface area contributed by atoms with E-state index in [1.165, 1.54) is 22.2 Å². The van der Waals surface area contributed by atoms with Crippen molar-refractivity contribution in [2.45, 2.75) is 6.54 Å². The van der Waals surface area contributed by atoms with Gasteiger partial charge >= 0.3 is 0 Å². The molecule has 4 aromatic rings.